The zero-order valence-electron chi connectivity index (χ0n) is 16.2. The van der Waals surface area contributed by atoms with Gasteiger partial charge in [-0.05, 0) is 18.2 Å². The van der Waals surface area contributed by atoms with E-state index in [0.717, 1.165) is 11.0 Å². The molecule has 4 rings (SSSR count). The van der Waals surface area contributed by atoms with Gasteiger partial charge in [-0.3, -0.25) is 14.5 Å². The third-order valence-electron chi connectivity index (χ3n) is 4.54. The summed E-state index contributed by atoms with van der Waals surface area (Å²) in [5.41, 5.74) is 5.96. The number of imidazole rings is 1. The number of nitrogens with two attached hydrogens (primary N) is 1. The maximum atomic E-state index is 14.8. The van der Waals surface area contributed by atoms with Crippen molar-refractivity contribution in [1.29, 1.82) is 0 Å². The molecule has 160 valence electrons. The van der Waals surface area contributed by atoms with Gasteiger partial charge in [-0.15, -0.1) is 0 Å². The molecule has 12 nitrogen and oxygen atoms in total. The van der Waals surface area contributed by atoms with E-state index >= 15 is 0 Å². The van der Waals surface area contributed by atoms with Crippen LogP contribution in [0.2, 0.25) is 0 Å². The van der Waals surface area contributed by atoms with E-state index in [1.807, 2.05) is 0 Å². The van der Waals surface area contributed by atoms with E-state index in [1.165, 1.54) is 47.1 Å². The van der Waals surface area contributed by atoms with Crippen molar-refractivity contribution in [2.24, 2.45) is 0 Å². The summed E-state index contributed by atoms with van der Waals surface area (Å²) in [6, 6.07) is 4.16. The first-order valence-corrected chi connectivity index (χ1v) is 9.10. The Balaban J connectivity index is 1.52. The summed E-state index contributed by atoms with van der Waals surface area (Å²) >= 11 is 0. The van der Waals surface area contributed by atoms with Gasteiger partial charge < -0.3 is 20.4 Å². The summed E-state index contributed by atoms with van der Waals surface area (Å²) in [6.45, 7) is 1.69. The number of nitrogens with one attached hydrogen (secondary N) is 1. The number of nitrogen functional groups attached to an aromatic ring is 1. The Hall–Kier alpha value is -4.29. The molecule has 2 aromatic heterocycles. The van der Waals surface area contributed by atoms with Crippen molar-refractivity contribution < 1.29 is 23.5 Å². The lowest BCUT2D eigenvalue weighted by Gasteiger charge is -2.14. The van der Waals surface area contributed by atoms with Crippen LogP contribution in [0.15, 0.2) is 37.1 Å². The molecule has 3 heterocycles. The molecule has 0 radical (unpaired) electrons. The van der Waals surface area contributed by atoms with Gasteiger partial charge in [-0.2, -0.15) is 14.8 Å². The molecular weight excluding hydrogens is 411 g/mol. The Morgan fingerprint density at radius 1 is 1.35 bits per heavy atom. The molecule has 3 aromatic rings. The molecule has 1 atom stereocenters. The number of carbonyl (C=O) groups is 3. The van der Waals surface area contributed by atoms with Gasteiger partial charge >= 0.3 is 12.0 Å². The van der Waals surface area contributed by atoms with Crippen LogP contribution in [-0.2, 0) is 9.53 Å². The highest BCUT2D eigenvalue weighted by atomic mass is 19.1. The van der Waals surface area contributed by atoms with Crippen LogP contribution >= 0.6 is 0 Å². The fourth-order valence-corrected chi connectivity index (χ4v) is 3.05. The van der Waals surface area contributed by atoms with Crippen molar-refractivity contribution in [1.82, 2.24) is 29.6 Å². The van der Waals surface area contributed by atoms with E-state index in [1.54, 1.807) is 0 Å². The molecule has 1 saturated heterocycles. The highest BCUT2D eigenvalue weighted by Crippen LogP contribution is 2.25. The second-order valence-corrected chi connectivity index (χ2v) is 6.69. The van der Waals surface area contributed by atoms with Crippen LogP contribution in [0.4, 0.5) is 20.8 Å². The van der Waals surface area contributed by atoms with Crippen molar-refractivity contribution in [2.45, 2.75) is 13.0 Å². The number of aromatic nitrogens is 5. The number of hydrogen-bond acceptors (Lipinski definition) is 8. The molecule has 1 aromatic carbocycles. The van der Waals surface area contributed by atoms with Crippen molar-refractivity contribution in [3.05, 3.63) is 48.6 Å². The van der Waals surface area contributed by atoms with E-state index in [-0.39, 0.29) is 36.3 Å². The first-order valence-electron chi connectivity index (χ1n) is 9.10. The zero-order chi connectivity index (χ0) is 22.1. The molecule has 0 spiro atoms. The van der Waals surface area contributed by atoms with E-state index < -0.39 is 23.9 Å². The van der Waals surface area contributed by atoms with Crippen LogP contribution in [0.25, 0.3) is 5.69 Å². The lowest BCUT2D eigenvalue weighted by molar-refractivity contribution is -0.119. The number of cyclic esters (lactones) is 1. The molecule has 0 aliphatic carbocycles. The fraction of sp³-hybridized carbons (Fsp3) is 0.222. The van der Waals surface area contributed by atoms with Gasteiger partial charge in [0.15, 0.2) is 0 Å². The second-order valence-electron chi connectivity index (χ2n) is 6.69. The molecule has 13 heteroatoms. The molecule has 0 saturated carbocycles. The fourth-order valence-electron chi connectivity index (χ4n) is 3.05. The lowest BCUT2D eigenvalue weighted by Crippen LogP contribution is -2.33. The molecule has 1 unspecified atom stereocenters. The van der Waals surface area contributed by atoms with Gasteiger partial charge in [0, 0.05) is 13.1 Å². The van der Waals surface area contributed by atoms with E-state index in [4.69, 9.17) is 10.5 Å². The molecule has 0 bridgehead atoms. The Morgan fingerprint density at radius 2 is 2.16 bits per heavy atom. The molecule has 3 N–H and O–H groups in total. The van der Waals surface area contributed by atoms with Crippen molar-refractivity contribution in [3.63, 3.8) is 0 Å². The number of rotatable bonds is 5. The molecular formula is C18H17FN8O4. The van der Waals surface area contributed by atoms with Crippen molar-refractivity contribution in [2.75, 3.05) is 23.7 Å². The number of benzene rings is 1. The summed E-state index contributed by atoms with van der Waals surface area (Å²) in [6.07, 6.45) is 2.56. The van der Waals surface area contributed by atoms with Crippen molar-refractivity contribution in [3.8, 4) is 5.69 Å². The highest BCUT2D eigenvalue weighted by Gasteiger charge is 2.32. The Kier molecular flexibility index (Phi) is 5.07. The van der Waals surface area contributed by atoms with Gasteiger partial charge in [0.05, 0.1) is 24.5 Å². The zero-order valence-corrected chi connectivity index (χ0v) is 16.2. The number of hydrogen-bond donors (Lipinski definition) is 2. The van der Waals surface area contributed by atoms with Crippen LogP contribution in [0.1, 0.15) is 17.4 Å². The molecule has 1 aliphatic heterocycles. The number of halogens is 1. The van der Waals surface area contributed by atoms with Crippen LogP contribution in [0.3, 0.4) is 0 Å². The number of anilines is 2. The third kappa shape index (κ3) is 3.92. The topological polar surface area (TPSA) is 150 Å². The highest BCUT2D eigenvalue weighted by molar-refractivity contribution is 5.94. The summed E-state index contributed by atoms with van der Waals surface area (Å²) < 4.78 is 22.2. The summed E-state index contributed by atoms with van der Waals surface area (Å²) in [7, 11) is 0. The number of amides is 2. The third-order valence-corrected chi connectivity index (χ3v) is 4.54. The predicted molar refractivity (Wildman–Crippen MR) is 104 cm³/mol. The maximum absolute atomic E-state index is 14.8. The Bertz CT molecular complexity index is 1170. The molecule has 1 fully saturated rings. The Morgan fingerprint density at radius 3 is 2.84 bits per heavy atom. The first kappa shape index (κ1) is 20.0. The van der Waals surface area contributed by atoms with E-state index in [2.05, 4.69) is 20.4 Å². The van der Waals surface area contributed by atoms with Crippen LogP contribution < -0.4 is 16.0 Å². The minimum atomic E-state index is -0.646. The van der Waals surface area contributed by atoms with E-state index in [9.17, 15) is 18.8 Å². The van der Waals surface area contributed by atoms with Crippen LogP contribution in [-0.4, -0.2) is 61.4 Å². The largest absolute Gasteiger partial charge is 0.442 e. The van der Waals surface area contributed by atoms with Crippen LogP contribution in [0.5, 0.6) is 0 Å². The Labute approximate surface area is 174 Å². The van der Waals surface area contributed by atoms with Gasteiger partial charge in [0.1, 0.15) is 30.3 Å². The van der Waals surface area contributed by atoms with Gasteiger partial charge in [-0.1, -0.05) is 0 Å². The molecule has 31 heavy (non-hydrogen) atoms. The van der Waals surface area contributed by atoms with Crippen LogP contribution in [0, 0.1) is 5.82 Å². The maximum Gasteiger partial charge on any atom is 0.414 e. The van der Waals surface area contributed by atoms with Gasteiger partial charge in [0.2, 0.25) is 11.9 Å². The molecule has 1 aliphatic rings. The minimum Gasteiger partial charge on any atom is -0.442 e. The summed E-state index contributed by atoms with van der Waals surface area (Å²) in [4.78, 5) is 44.4. The average molecular weight is 428 g/mol. The normalized spacial score (nSPS) is 15.7. The monoisotopic (exact) mass is 428 g/mol. The summed E-state index contributed by atoms with van der Waals surface area (Å²) in [5, 5.41) is 6.29. The summed E-state index contributed by atoms with van der Waals surface area (Å²) in [5.74, 6) is -1.60. The quantitative estimate of drug-likeness (QED) is 0.590. The van der Waals surface area contributed by atoms with Crippen molar-refractivity contribution >= 4 is 29.5 Å². The number of nitrogens with zero attached hydrogens (tertiary/aromatic N) is 6. The predicted octanol–water partition coefficient (Wildman–Crippen LogP) is 0.335. The number of ether oxygens (including phenoxy) is 1. The lowest BCUT2D eigenvalue weighted by atomic mass is 10.2. The first-order chi connectivity index (χ1) is 14.8. The second kappa shape index (κ2) is 7.85. The van der Waals surface area contributed by atoms with Gasteiger partial charge in [0.25, 0.3) is 0 Å². The average Bonchev–Trinajstić information content (AvgIpc) is 3.46. The van der Waals surface area contributed by atoms with E-state index in [0.29, 0.717) is 5.69 Å². The SMILES string of the molecule is CC(=O)NCC1CN(c2ccc(-n3cnc(C(=O)n4ncnc4N)c3)c(F)c2)C(=O)O1. The number of carbonyl (C=O) groups excluding carboxylic acids is 3. The standard InChI is InChI=1S/C18H17FN8O4/c1-10(28)21-5-12-6-26(18(30)31-12)11-2-3-15(13(19)4-11)25-7-14(23-9-25)16(29)27-17(20)22-8-24-27/h2-4,7-9,12H,5-6H2,1H3,(H,21,28)(H2,20,22,24). The molecule has 2 amide bonds. The smallest absolute Gasteiger partial charge is 0.414 e. The minimum absolute atomic E-state index is 0.00962. The van der Waals surface area contributed by atoms with Gasteiger partial charge in [-0.25, -0.2) is 14.2 Å².